The first-order chi connectivity index (χ1) is 19.4. The van der Waals surface area contributed by atoms with E-state index in [1.165, 1.54) is 138 Å². The fraction of sp³-hybridized carbons (Fsp3) is 0.684. The number of nitrogen functional groups attached to an aromatic ring is 2. The maximum atomic E-state index is 6.61. The van der Waals surface area contributed by atoms with E-state index in [0.29, 0.717) is 0 Å². The molecule has 0 saturated heterocycles. The molecule has 0 bridgehead atoms. The molecule has 0 radical (unpaired) electrons. The summed E-state index contributed by atoms with van der Waals surface area (Å²) in [5.74, 6) is 0. The molecule has 0 spiro atoms. The third kappa shape index (κ3) is 9.02. The van der Waals surface area contributed by atoms with Gasteiger partial charge in [-0.2, -0.15) is 0 Å². The van der Waals surface area contributed by atoms with Gasteiger partial charge in [-0.05, 0) is 95.9 Å². The molecule has 4 N–H and O–H groups in total. The highest BCUT2D eigenvalue weighted by molar-refractivity contribution is 5.77. The third-order valence-electron chi connectivity index (χ3n) is 9.57. The summed E-state index contributed by atoms with van der Waals surface area (Å²) in [5.41, 5.74) is 21.2. The van der Waals surface area contributed by atoms with E-state index in [9.17, 15) is 0 Å². The van der Waals surface area contributed by atoms with Gasteiger partial charge in [0.1, 0.15) is 0 Å². The predicted molar refractivity (Wildman–Crippen MR) is 181 cm³/mol. The molecule has 0 saturated carbocycles. The number of benzene rings is 2. The first-order valence-electron chi connectivity index (χ1n) is 17.2. The van der Waals surface area contributed by atoms with Gasteiger partial charge in [-0.1, -0.05) is 131 Å². The summed E-state index contributed by atoms with van der Waals surface area (Å²) in [7, 11) is 0. The van der Waals surface area contributed by atoms with Crippen LogP contribution < -0.4 is 11.5 Å². The van der Waals surface area contributed by atoms with Gasteiger partial charge in [0, 0.05) is 11.4 Å². The van der Waals surface area contributed by atoms with Crippen LogP contribution in [-0.4, -0.2) is 0 Å². The van der Waals surface area contributed by atoms with Crippen LogP contribution in [0.1, 0.15) is 168 Å². The monoisotopic (exact) mass is 549 g/mol. The molecular formula is C38H64N2. The molecule has 0 amide bonds. The molecule has 2 nitrogen and oxygen atoms in total. The number of rotatable bonds is 21. The van der Waals surface area contributed by atoms with Crippen LogP contribution in [0, 0.1) is 0 Å². The molecule has 0 aliphatic rings. The molecule has 226 valence electrons. The van der Waals surface area contributed by atoms with Crippen LogP contribution in [0.15, 0.2) is 36.4 Å². The summed E-state index contributed by atoms with van der Waals surface area (Å²) >= 11 is 0. The van der Waals surface area contributed by atoms with Crippen molar-refractivity contribution in [3.8, 4) is 11.1 Å². The van der Waals surface area contributed by atoms with E-state index < -0.39 is 0 Å². The minimum Gasteiger partial charge on any atom is -0.399 e. The Bertz CT molecular complexity index is 852. The van der Waals surface area contributed by atoms with Gasteiger partial charge >= 0.3 is 0 Å². The van der Waals surface area contributed by atoms with Gasteiger partial charge in [0.25, 0.3) is 0 Å². The van der Waals surface area contributed by atoms with Crippen molar-refractivity contribution in [1.82, 2.24) is 0 Å². The summed E-state index contributed by atoms with van der Waals surface area (Å²) in [6, 6.07) is 13.7. The van der Waals surface area contributed by atoms with Gasteiger partial charge in [0.15, 0.2) is 0 Å². The average Bonchev–Trinajstić information content (AvgIpc) is 2.97. The van der Waals surface area contributed by atoms with Crippen molar-refractivity contribution in [3.63, 3.8) is 0 Å². The fourth-order valence-corrected chi connectivity index (χ4v) is 7.12. The fourth-order valence-electron chi connectivity index (χ4n) is 7.12. The van der Waals surface area contributed by atoms with E-state index in [4.69, 9.17) is 11.5 Å². The zero-order valence-electron chi connectivity index (χ0n) is 27.3. The molecule has 40 heavy (non-hydrogen) atoms. The summed E-state index contributed by atoms with van der Waals surface area (Å²) in [6.07, 6.45) is 22.5. The average molecular weight is 549 g/mol. The highest BCUT2D eigenvalue weighted by Gasteiger charge is 2.37. The number of hydrogen-bond donors (Lipinski definition) is 2. The van der Waals surface area contributed by atoms with Gasteiger partial charge < -0.3 is 11.5 Å². The number of unbranched alkanes of at least 4 members (excludes halogenated alkanes) is 6. The Morgan fingerprint density at radius 3 is 0.900 bits per heavy atom. The van der Waals surface area contributed by atoms with E-state index in [-0.39, 0.29) is 10.8 Å². The van der Waals surface area contributed by atoms with Gasteiger partial charge in [-0.25, -0.2) is 0 Å². The highest BCUT2D eigenvalue weighted by Crippen LogP contribution is 2.50. The topological polar surface area (TPSA) is 52.0 Å². The van der Waals surface area contributed by atoms with Crippen LogP contribution >= 0.6 is 0 Å². The molecule has 0 fully saturated rings. The highest BCUT2D eigenvalue weighted by atomic mass is 14.6. The molecule has 0 aliphatic heterocycles. The Morgan fingerprint density at radius 1 is 0.425 bits per heavy atom. The van der Waals surface area contributed by atoms with E-state index in [2.05, 4.69) is 77.9 Å². The van der Waals surface area contributed by atoms with Crippen molar-refractivity contribution in [1.29, 1.82) is 0 Å². The Balaban J connectivity index is 2.91. The van der Waals surface area contributed by atoms with Crippen molar-refractivity contribution in [3.05, 3.63) is 47.5 Å². The Labute approximate surface area is 249 Å². The molecule has 0 heterocycles. The van der Waals surface area contributed by atoms with Gasteiger partial charge in [0.05, 0.1) is 0 Å². The summed E-state index contributed by atoms with van der Waals surface area (Å²) in [5, 5.41) is 0. The number of anilines is 2. The SMILES string of the molecule is CCCCC(CCCC)(CCCC)c1cc(N)ccc1-c1ccc(N)cc1C(CCCC)(CCCC)CCCC. The number of hydrogen-bond acceptors (Lipinski definition) is 2. The molecule has 2 aromatic rings. The minimum atomic E-state index is 0.171. The summed E-state index contributed by atoms with van der Waals surface area (Å²) < 4.78 is 0. The molecule has 0 unspecified atom stereocenters. The molecule has 2 aromatic carbocycles. The van der Waals surface area contributed by atoms with E-state index >= 15 is 0 Å². The van der Waals surface area contributed by atoms with E-state index in [1.807, 2.05) is 0 Å². The van der Waals surface area contributed by atoms with Crippen LogP contribution in [0.4, 0.5) is 11.4 Å². The maximum absolute atomic E-state index is 6.61. The van der Waals surface area contributed by atoms with Crippen molar-refractivity contribution in [2.24, 2.45) is 0 Å². The first kappa shape index (κ1) is 34.2. The van der Waals surface area contributed by atoms with Crippen LogP contribution in [0.2, 0.25) is 0 Å². The quantitative estimate of drug-likeness (QED) is 0.152. The smallest absolute Gasteiger partial charge is 0.0317 e. The molecule has 2 rings (SSSR count). The second kappa shape index (κ2) is 17.8. The zero-order valence-corrected chi connectivity index (χ0v) is 27.3. The second-order valence-electron chi connectivity index (χ2n) is 12.8. The Hall–Kier alpha value is -1.96. The standard InChI is InChI=1S/C38H64N2/c1-7-13-23-37(24-14-8-2,25-15-9-3)35-29-31(39)19-21-33(35)34-22-20-32(40)30-36(34)38(26-16-10-4,27-17-11-5)28-18-12-6/h19-22,29-30H,7-18,23-28,39-40H2,1-6H3. The lowest BCUT2D eigenvalue weighted by molar-refractivity contribution is 0.307. The lowest BCUT2D eigenvalue weighted by Gasteiger charge is -2.40. The van der Waals surface area contributed by atoms with Gasteiger partial charge in [-0.3, -0.25) is 0 Å². The van der Waals surface area contributed by atoms with Crippen LogP contribution in [-0.2, 0) is 10.8 Å². The molecule has 0 atom stereocenters. The first-order valence-corrected chi connectivity index (χ1v) is 17.2. The zero-order chi connectivity index (χ0) is 29.4. The normalized spacial score (nSPS) is 12.2. The predicted octanol–water partition coefficient (Wildman–Crippen LogP) is 12.1. The molecular weight excluding hydrogens is 484 g/mol. The second-order valence-corrected chi connectivity index (χ2v) is 12.8. The number of nitrogens with two attached hydrogens (primary N) is 2. The minimum absolute atomic E-state index is 0.171. The van der Waals surface area contributed by atoms with Crippen molar-refractivity contribution < 1.29 is 0 Å². The Kier molecular flexibility index (Phi) is 15.2. The molecule has 0 aromatic heterocycles. The van der Waals surface area contributed by atoms with Gasteiger partial charge in [0.2, 0.25) is 0 Å². The maximum Gasteiger partial charge on any atom is 0.0317 e. The van der Waals surface area contributed by atoms with Crippen molar-refractivity contribution in [2.45, 2.75) is 168 Å². The largest absolute Gasteiger partial charge is 0.399 e. The molecule has 2 heteroatoms. The third-order valence-corrected chi connectivity index (χ3v) is 9.57. The summed E-state index contributed by atoms with van der Waals surface area (Å²) in [4.78, 5) is 0. The van der Waals surface area contributed by atoms with Crippen LogP contribution in [0.5, 0.6) is 0 Å². The Morgan fingerprint density at radius 2 is 0.675 bits per heavy atom. The van der Waals surface area contributed by atoms with Crippen LogP contribution in [0.3, 0.4) is 0 Å². The lowest BCUT2D eigenvalue weighted by Crippen LogP contribution is -2.30. The van der Waals surface area contributed by atoms with E-state index in [1.54, 1.807) is 0 Å². The summed E-state index contributed by atoms with van der Waals surface area (Å²) in [6.45, 7) is 14.0. The van der Waals surface area contributed by atoms with Crippen molar-refractivity contribution in [2.75, 3.05) is 11.5 Å². The van der Waals surface area contributed by atoms with E-state index in [0.717, 1.165) is 11.4 Å². The molecule has 0 aliphatic carbocycles. The van der Waals surface area contributed by atoms with Gasteiger partial charge in [-0.15, -0.1) is 0 Å². The lowest BCUT2D eigenvalue weighted by atomic mass is 9.64. The van der Waals surface area contributed by atoms with Crippen LogP contribution in [0.25, 0.3) is 11.1 Å². The van der Waals surface area contributed by atoms with Crippen molar-refractivity contribution >= 4 is 11.4 Å².